The molecule has 0 unspecified atom stereocenters. The number of benzene rings is 3. The van der Waals surface area contributed by atoms with Crippen LogP contribution in [0.2, 0.25) is 0 Å². The summed E-state index contributed by atoms with van der Waals surface area (Å²) in [7, 11) is 2.92. The minimum absolute atomic E-state index is 0.0291. The molecule has 0 aliphatic carbocycles. The third-order valence-corrected chi connectivity index (χ3v) is 7.82. The summed E-state index contributed by atoms with van der Waals surface area (Å²) in [4.78, 5) is 12.1. The van der Waals surface area contributed by atoms with Crippen molar-refractivity contribution >= 4 is 5.97 Å². The van der Waals surface area contributed by atoms with Gasteiger partial charge in [-0.05, 0) is 54.0 Å². The van der Waals surface area contributed by atoms with E-state index in [2.05, 4.69) is 11.8 Å². The van der Waals surface area contributed by atoms with Gasteiger partial charge in [-0.3, -0.25) is 0 Å². The fourth-order valence-corrected chi connectivity index (χ4v) is 4.92. The lowest BCUT2D eigenvalue weighted by Gasteiger charge is -2.21. The Labute approximate surface area is 285 Å². The molecule has 0 saturated carbocycles. The average Bonchev–Trinajstić information content (AvgIpc) is 3.11. The van der Waals surface area contributed by atoms with Crippen LogP contribution in [0.25, 0.3) is 0 Å². The van der Waals surface area contributed by atoms with Crippen LogP contribution in [0, 0.1) is 17.8 Å². The molecule has 0 aliphatic rings. The van der Waals surface area contributed by atoms with Gasteiger partial charge in [0.05, 0.1) is 59.0 Å². The van der Waals surface area contributed by atoms with Crippen molar-refractivity contribution in [1.82, 2.24) is 0 Å². The molecule has 48 heavy (non-hydrogen) atoms. The molecule has 3 aromatic rings. The van der Waals surface area contributed by atoms with Gasteiger partial charge >= 0.3 is 5.97 Å². The Morgan fingerprint density at radius 2 is 1.46 bits per heavy atom. The van der Waals surface area contributed by atoms with Gasteiger partial charge < -0.3 is 33.9 Å². The number of ether oxygens (including phenoxy) is 5. The number of hydrogen-bond acceptors (Lipinski definition) is 8. The molecular formula is C40H50O8. The van der Waals surface area contributed by atoms with Gasteiger partial charge in [0.2, 0.25) is 0 Å². The Morgan fingerprint density at radius 1 is 0.833 bits per heavy atom. The molecule has 0 aromatic heterocycles. The number of aliphatic hydroxyl groups excluding tert-OH is 2. The minimum Gasteiger partial charge on any atom is -0.497 e. The van der Waals surface area contributed by atoms with Crippen LogP contribution < -0.4 is 4.74 Å². The molecule has 8 nitrogen and oxygen atoms in total. The Bertz CT molecular complexity index is 1400. The topological polar surface area (TPSA) is 104 Å². The molecule has 0 amide bonds. The van der Waals surface area contributed by atoms with Gasteiger partial charge in [-0.1, -0.05) is 91.6 Å². The third-order valence-electron chi connectivity index (χ3n) is 7.82. The highest BCUT2D eigenvalue weighted by molar-refractivity contribution is 5.83. The van der Waals surface area contributed by atoms with Crippen molar-refractivity contribution in [2.24, 2.45) is 5.92 Å². The molecule has 0 spiro atoms. The van der Waals surface area contributed by atoms with E-state index >= 15 is 0 Å². The van der Waals surface area contributed by atoms with Crippen LogP contribution in [0.5, 0.6) is 5.75 Å². The Balaban J connectivity index is 1.53. The standard InChI is InChI=1S/C40H50O8/c1-31(12-11-23-46-27-32-13-6-4-7-14-32)39(42)26-36(41)24-35(25-40(43)45-3)17-10-18-38(30-47-28-33-15-8-5-9-16-33)48-29-34-19-21-37(44-2)22-20-34/h4-9,13-16,19-22,25,31,36,38-39,41-42H,11-12,18,23-24,26-30H2,1-3H3/b35-25-/t31-,36-,38-,39-/m0/s1. The summed E-state index contributed by atoms with van der Waals surface area (Å²) in [6.45, 7) is 4.24. The zero-order chi connectivity index (χ0) is 34.4. The number of methoxy groups -OCH3 is 2. The maximum Gasteiger partial charge on any atom is 0.331 e. The van der Waals surface area contributed by atoms with Gasteiger partial charge in [0.1, 0.15) is 5.75 Å². The van der Waals surface area contributed by atoms with Crippen molar-refractivity contribution in [3.63, 3.8) is 0 Å². The van der Waals surface area contributed by atoms with Crippen molar-refractivity contribution in [2.45, 2.75) is 77.2 Å². The summed E-state index contributed by atoms with van der Waals surface area (Å²) < 4.78 is 28.0. The van der Waals surface area contributed by atoms with E-state index in [1.165, 1.54) is 13.2 Å². The maximum atomic E-state index is 12.1. The van der Waals surface area contributed by atoms with E-state index in [1.807, 2.05) is 91.9 Å². The quantitative estimate of drug-likeness (QED) is 0.0585. The first kappa shape index (κ1) is 38.5. The first-order valence-electron chi connectivity index (χ1n) is 16.5. The van der Waals surface area contributed by atoms with E-state index < -0.39 is 18.2 Å². The van der Waals surface area contributed by atoms with Gasteiger partial charge in [-0.25, -0.2) is 4.79 Å². The van der Waals surface area contributed by atoms with Gasteiger partial charge in [0.25, 0.3) is 0 Å². The second-order valence-electron chi connectivity index (χ2n) is 11.8. The van der Waals surface area contributed by atoms with E-state index in [0.29, 0.717) is 45.0 Å². The zero-order valence-electron chi connectivity index (χ0n) is 28.4. The van der Waals surface area contributed by atoms with Crippen LogP contribution in [0.1, 0.15) is 55.7 Å². The first-order valence-corrected chi connectivity index (χ1v) is 16.5. The summed E-state index contributed by atoms with van der Waals surface area (Å²) in [6.07, 6.45) is 1.51. The van der Waals surface area contributed by atoms with Crippen molar-refractivity contribution in [2.75, 3.05) is 27.4 Å². The Hall–Kier alpha value is -3.97. The van der Waals surface area contributed by atoms with Crippen molar-refractivity contribution in [3.05, 3.63) is 113 Å². The van der Waals surface area contributed by atoms with E-state index in [9.17, 15) is 15.0 Å². The highest BCUT2D eigenvalue weighted by Crippen LogP contribution is 2.19. The molecule has 0 bridgehead atoms. The van der Waals surface area contributed by atoms with Crippen LogP contribution in [0.3, 0.4) is 0 Å². The molecular weight excluding hydrogens is 608 g/mol. The first-order chi connectivity index (χ1) is 23.4. The number of esters is 1. The molecule has 0 aliphatic heterocycles. The Kier molecular flexibility index (Phi) is 18.1. The van der Waals surface area contributed by atoms with Crippen LogP contribution in [0.4, 0.5) is 0 Å². The molecule has 2 N–H and O–H groups in total. The lowest BCUT2D eigenvalue weighted by molar-refractivity contribution is -0.134. The number of hydrogen-bond donors (Lipinski definition) is 2. The lowest BCUT2D eigenvalue weighted by atomic mass is 9.93. The highest BCUT2D eigenvalue weighted by atomic mass is 16.5. The molecule has 3 aromatic carbocycles. The zero-order valence-corrected chi connectivity index (χ0v) is 28.4. The number of carbonyl (C=O) groups is 1. The summed E-state index contributed by atoms with van der Waals surface area (Å²) in [5.41, 5.74) is 3.59. The number of rotatable bonds is 21. The monoisotopic (exact) mass is 658 g/mol. The molecule has 0 fully saturated rings. The maximum absolute atomic E-state index is 12.1. The molecule has 8 heteroatoms. The van der Waals surface area contributed by atoms with E-state index in [4.69, 9.17) is 23.7 Å². The van der Waals surface area contributed by atoms with Crippen LogP contribution >= 0.6 is 0 Å². The SMILES string of the molecule is COC(=O)/C=C(/C#CC[C@@H](COCc1ccccc1)OCc1ccc(OC)cc1)C[C@H](O)C[C@H](O)[C@@H](C)CCCOCc1ccccc1. The van der Waals surface area contributed by atoms with Crippen LogP contribution in [0.15, 0.2) is 96.6 Å². The van der Waals surface area contributed by atoms with Crippen molar-refractivity contribution in [1.29, 1.82) is 0 Å². The largest absolute Gasteiger partial charge is 0.497 e. The molecule has 0 radical (unpaired) electrons. The van der Waals surface area contributed by atoms with E-state index in [1.54, 1.807) is 7.11 Å². The van der Waals surface area contributed by atoms with Crippen molar-refractivity contribution in [3.8, 4) is 17.6 Å². The second kappa shape index (κ2) is 22.6. The van der Waals surface area contributed by atoms with Gasteiger partial charge in [-0.15, -0.1) is 0 Å². The predicted molar refractivity (Wildman–Crippen MR) is 186 cm³/mol. The smallest absolute Gasteiger partial charge is 0.331 e. The summed E-state index contributed by atoms with van der Waals surface area (Å²) >= 11 is 0. The van der Waals surface area contributed by atoms with Crippen LogP contribution in [-0.4, -0.2) is 61.9 Å². The summed E-state index contributed by atoms with van der Waals surface area (Å²) in [6, 6.07) is 27.6. The Morgan fingerprint density at radius 3 is 2.08 bits per heavy atom. The molecule has 258 valence electrons. The highest BCUT2D eigenvalue weighted by Gasteiger charge is 2.19. The fraction of sp³-hybridized carbons (Fsp3) is 0.425. The third kappa shape index (κ3) is 15.7. The molecule has 0 saturated heterocycles. The molecule has 3 rings (SSSR count). The van der Waals surface area contributed by atoms with Crippen LogP contribution in [-0.2, 0) is 43.6 Å². The lowest BCUT2D eigenvalue weighted by Crippen LogP contribution is -2.24. The van der Waals surface area contributed by atoms with Crippen molar-refractivity contribution < 1.29 is 38.7 Å². The summed E-state index contributed by atoms with van der Waals surface area (Å²) in [5, 5.41) is 21.6. The number of carbonyl (C=O) groups excluding carboxylic acids is 1. The summed E-state index contributed by atoms with van der Waals surface area (Å²) in [5.74, 6) is 6.32. The van der Waals surface area contributed by atoms with E-state index in [0.717, 1.165) is 35.3 Å². The predicted octanol–water partition coefficient (Wildman–Crippen LogP) is 6.43. The molecule has 0 heterocycles. The second-order valence-corrected chi connectivity index (χ2v) is 11.8. The number of aliphatic hydroxyl groups is 2. The van der Waals surface area contributed by atoms with Gasteiger partial charge in [0, 0.05) is 31.1 Å². The fourth-order valence-electron chi connectivity index (χ4n) is 4.92. The average molecular weight is 659 g/mol. The van der Waals surface area contributed by atoms with Gasteiger partial charge in [-0.2, -0.15) is 0 Å². The minimum atomic E-state index is -0.890. The normalized spacial score (nSPS) is 13.9. The van der Waals surface area contributed by atoms with Gasteiger partial charge in [0.15, 0.2) is 0 Å². The molecule has 4 atom stereocenters. The van der Waals surface area contributed by atoms with E-state index in [-0.39, 0.29) is 24.9 Å².